The van der Waals surface area contributed by atoms with E-state index in [9.17, 15) is 4.39 Å². The van der Waals surface area contributed by atoms with Crippen LogP contribution in [0.2, 0.25) is 0 Å². The normalized spacial score (nSPS) is 13.2. The van der Waals surface area contributed by atoms with Gasteiger partial charge in [0.1, 0.15) is 6.17 Å². The molecule has 2 heteroatoms. The van der Waals surface area contributed by atoms with Crippen molar-refractivity contribution in [3.05, 3.63) is 12.7 Å². The summed E-state index contributed by atoms with van der Waals surface area (Å²) >= 11 is 0. The van der Waals surface area contributed by atoms with E-state index in [-0.39, 0.29) is 6.54 Å². The van der Waals surface area contributed by atoms with Crippen molar-refractivity contribution in [2.24, 2.45) is 5.73 Å². The van der Waals surface area contributed by atoms with E-state index in [1.807, 2.05) is 0 Å². The lowest BCUT2D eigenvalue weighted by molar-refractivity contribution is 0.324. The maximum Gasteiger partial charge on any atom is 0.113 e. The number of halogens is 1. The number of allylic oxidation sites excluding steroid dienone is 1. The first-order valence-electron chi connectivity index (χ1n) is 2.76. The molecular formula is C6H12FN. The van der Waals surface area contributed by atoms with E-state index in [0.717, 1.165) is 6.42 Å². The molecule has 0 radical (unpaired) electrons. The molecule has 0 aliphatic carbocycles. The minimum Gasteiger partial charge on any atom is -0.328 e. The summed E-state index contributed by atoms with van der Waals surface area (Å²) in [6, 6.07) is 0. The van der Waals surface area contributed by atoms with Crippen molar-refractivity contribution in [2.45, 2.75) is 19.0 Å². The number of hydrogen-bond donors (Lipinski definition) is 1. The maximum atomic E-state index is 12.1. The van der Waals surface area contributed by atoms with Crippen LogP contribution < -0.4 is 5.73 Å². The molecule has 1 atom stereocenters. The van der Waals surface area contributed by atoms with E-state index < -0.39 is 6.17 Å². The van der Waals surface area contributed by atoms with Crippen LogP contribution in [-0.4, -0.2) is 12.7 Å². The van der Waals surface area contributed by atoms with Crippen molar-refractivity contribution in [1.29, 1.82) is 0 Å². The predicted octanol–water partition coefficient (Wildman–Crippen LogP) is 1.25. The van der Waals surface area contributed by atoms with Gasteiger partial charge in [-0.2, -0.15) is 0 Å². The second-order valence-electron chi connectivity index (χ2n) is 1.70. The van der Waals surface area contributed by atoms with Crippen LogP contribution in [0.4, 0.5) is 4.39 Å². The molecule has 0 amide bonds. The molecule has 0 heterocycles. The van der Waals surface area contributed by atoms with Crippen molar-refractivity contribution >= 4 is 0 Å². The lowest BCUT2D eigenvalue weighted by Crippen LogP contribution is -2.14. The molecule has 0 aliphatic rings. The molecule has 1 unspecified atom stereocenters. The average molecular weight is 117 g/mol. The van der Waals surface area contributed by atoms with Gasteiger partial charge in [-0.1, -0.05) is 6.08 Å². The molecule has 0 saturated carbocycles. The largest absolute Gasteiger partial charge is 0.328 e. The van der Waals surface area contributed by atoms with Crippen molar-refractivity contribution < 1.29 is 4.39 Å². The maximum absolute atomic E-state index is 12.1. The van der Waals surface area contributed by atoms with Gasteiger partial charge in [-0.05, 0) is 12.8 Å². The van der Waals surface area contributed by atoms with Crippen LogP contribution in [-0.2, 0) is 0 Å². The predicted molar refractivity (Wildman–Crippen MR) is 33.4 cm³/mol. The van der Waals surface area contributed by atoms with Gasteiger partial charge < -0.3 is 5.73 Å². The Balaban J connectivity index is 2.97. The van der Waals surface area contributed by atoms with Crippen LogP contribution in [0.15, 0.2) is 12.7 Å². The van der Waals surface area contributed by atoms with Crippen molar-refractivity contribution in [3.8, 4) is 0 Å². The highest BCUT2D eigenvalue weighted by Crippen LogP contribution is 1.98. The zero-order chi connectivity index (χ0) is 6.41. The quantitative estimate of drug-likeness (QED) is 0.551. The van der Waals surface area contributed by atoms with Crippen molar-refractivity contribution in [3.63, 3.8) is 0 Å². The molecule has 0 rings (SSSR count). The number of hydrogen-bond acceptors (Lipinski definition) is 1. The van der Waals surface area contributed by atoms with Crippen LogP contribution in [0.1, 0.15) is 12.8 Å². The summed E-state index contributed by atoms with van der Waals surface area (Å²) in [6.45, 7) is 3.59. The first-order valence-corrected chi connectivity index (χ1v) is 2.76. The third-order valence-corrected chi connectivity index (χ3v) is 0.940. The van der Waals surface area contributed by atoms with Crippen LogP contribution in [0.5, 0.6) is 0 Å². The van der Waals surface area contributed by atoms with E-state index in [1.54, 1.807) is 6.08 Å². The van der Waals surface area contributed by atoms with Crippen molar-refractivity contribution in [2.75, 3.05) is 6.54 Å². The van der Waals surface area contributed by atoms with E-state index in [0.29, 0.717) is 6.42 Å². The van der Waals surface area contributed by atoms with E-state index >= 15 is 0 Å². The number of nitrogens with two attached hydrogens (primary N) is 1. The number of rotatable bonds is 4. The molecule has 48 valence electrons. The fourth-order valence-corrected chi connectivity index (χ4v) is 0.417. The van der Waals surface area contributed by atoms with Crippen LogP contribution in [0.25, 0.3) is 0 Å². The summed E-state index contributed by atoms with van der Waals surface area (Å²) in [7, 11) is 0. The van der Waals surface area contributed by atoms with E-state index in [1.165, 1.54) is 0 Å². The van der Waals surface area contributed by atoms with Gasteiger partial charge in [0.05, 0.1) is 0 Å². The summed E-state index contributed by atoms with van der Waals surface area (Å²) in [6.07, 6.45) is 2.09. The highest BCUT2D eigenvalue weighted by atomic mass is 19.1. The SMILES string of the molecule is C=CCCC(F)CN. The smallest absolute Gasteiger partial charge is 0.113 e. The fraction of sp³-hybridized carbons (Fsp3) is 0.667. The second kappa shape index (κ2) is 4.78. The standard InChI is InChI=1S/C6H12FN/c1-2-3-4-6(7)5-8/h2,6H,1,3-5,8H2. The monoisotopic (exact) mass is 117 g/mol. The van der Waals surface area contributed by atoms with Gasteiger partial charge in [-0.3, -0.25) is 0 Å². The van der Waals surface area contributed by atoms with Gasteiger partial charge in [-0.15, -0.1) is 6.58 Å². The fourth-order valence-electron chi connectivity index (χ4n) is 0.417. The topological polar surface area (TPSA) is 26.0 Å². The van der Waals surface area contributed by atoms with Crippen LogP contribution in [0.3, 0.4) is 0 Å². The summed E-state index contributed by atoms with van der Waals surface area (Å²) in [5, 5.41) is 0. The van der Waals surface area contributed by atoms with Crippen molar-refractivity contribution in [1.82, 2.24) is 0 Å². The average Bonchev–Trinajstić information content (AvgIpc) is 1.83. The molecule has 0 fully saturated rings. The molecule has 0 aromatic heterocycles. The highest BCUT2D eigenvalue weighted by Gasteiger charge is 1.98. The Kier molecular flexibility index (Phi) is 4.56. The molecule has 0 spiro atoms. The molecule has 0 bridgehead atoms. The molecule has 8 heavy (non-hydrogen) atoms. The highest BCUT2D eigenvalue weighted by molar-refractivity contribution is 4.69. The summed E-state index contributed by atoms with van der Waals surface area (Å²) < 4.78 is 12.1. The second-order valence-corrected chi connectivity index (χ2v) is 1.70. The Morgan fingerprint density at radius 1 is 1.75 bits per heavy atom. The molecule has 0 aromatic rings. The van der Waals surface area contributed by atoms with Gasteiger partial charge in [0.15, 0.2) is 0 Å². The molecule has 1 nitrogen and oxygen atoms in total. The minimum atomic E-state index is -0.840. The van der Waals surface area contributed by atoms with Crippen LogP contribution in [0, 0.1) is 0 Å². The Morgan fingerprint density at radius 3 is 2.75 bits per heavy atom. The molecule has 0 aromatic carbocycles. The summed E-state index contributed by atoms with van der Waals surface area (Å²) in [5.74, 6) is 0. The van der Waals surface area contributed by atoms with Gasteiger partial charge >= 0.3 is 0 Å². The first-order chi connectivity index (χ1) is 3.81. The van der Waals surface area contributed by atoms with E-state index in [4.69, 9.17) is 5.73 Å². The zero-order valence-corrected chi connectivity index (χ0v) is 4.94. The lowest BCUT2D eigenvalue weighted by atomic mass is 10.2. The lowest BCUT2D eigenvalue weighted by Gasteiger charge is -1.99. The van der Waals surface area contributed by atoms with Gasteiger partial charge in [0.2, 0.25) is 0 Å². The Hall–Kier alpha value is -0.370. The first kappa shape index (κ1) is 7.63. The third kappa shape index (κ3) is 3.81. The molecular weight excluding hydrogens is 105 g/mol. The summed E-state index contributed by atoms with van der Waals surface area (Å²) in [5.41, 5.74) is 5.00. The Labute approximate surface area is 49.4 Å². The molecule has 2 N–H and O–H groups in total. The Morgan fingerprint density at radius 2 is 2.38 bits per heavy atom. The summed E-state index contributed by atoms with van der Waals surface area (Å²) in [4.78, 5) is 0. The van der Waals surface area contributed by atoms with Crippen LogP contribution >= 0.6 is 0 Å². The molecule has 0 saturated heterocycles. The van der Waals surface area contributed by atoms with Gasteiger partial charge in [0, 0.05) is 6.54 Å². The van der Waals surface area contributed by atoms with Gasteiger partial charge in [0.25, 0.3) is 0 Å². The molecule has 0 aliphatic heterocycles. The minimum absolute atomic E-state index is 0.133. The van der Waals surface area contributed by atoms with Gasteiger partial charge in [-0.25, -0.2) is 4.39 Å². The Bertz CT molecular complexity index is 63.5. The number of alkyl halides is 1. The third-order valence-electron chi connectivity index (χ3n) is 0.940. The van der Waals surface area contributed by atoms with E-state index in [2.05, 4.69) is 6.58 Å². The zero-order valence-electron chi connectivity index (χ0n) is 4.94.